The van der Waals surface area contributed by atoms with E-state index < -0.39 is 0 Å². The SMILES string of the molecule is Cc1nn(C2COC2)c2nc(C3NCC34CCNC4=O)cnc12. The second kappa shape index (κ2) is 4.48. The lowest BCUT2D eigenvalue weighted by Crippen LogP contribution is -2.59. The maximum Gasteiger partial charge on any atom is 0.229 e. The zero-order chi connectivity index (χ0) is 15.6. The van der Waals surface area contributed by atoms with Crippen LogP contribution in [0.1, 0.15) is 29.9 Å². The predicted octanol–water partition coefficient (Wildman–Crippen LogP) is -0.143. The molecule has 2 N–H and O–H groups in total. The summed E-state index contributed by atoms with van der Waals surface area (Å²) in [4.78, 5) is 21.6. The molecule has 3 aliphatic rings. The van der Waals surface area contributed by atoms with Crippen molar-refractivity contribution in [3.8, 4) is 0 Å². The van der Waals surface area contributed by atoms with Crippen molar-refractivity contribution in [2.24, 2.45) is 5.41 Å². The average molecular weight is 314 g/mol. The standard InChI is InChI=1S/C15H18N6O2/c1-8-11-13(21(20-8)9-5-23-6-9)19-10(4-17-11)12-15(7-18-12)2-3-16-14(15)22/h4,9,12,18H,2-3,5-7H2,1H3,(H,16,22). The zero-order valence-corrected chi connectivity index (χ0v) is 12.9. The Hall–Kier alpha value is -2.06. The van der Waals surface area contributed by atoms with E-state index in [2.05, 4.69) is 20.7 Å². The third-order valence-electron chi connectivity index (χ3n) is 5.34. The van der Waals surface area contributed by atoms with Crippen LogP contribution in [0, 0.1) is 12.3 Å². The first kappa shape index (κ1) is 13.4. The van der Waals surface area contributed by atoms with E-state index in [0.29, 0.717) is 19.8 Å². The first-order chi connectivity index (χ1) is 11.2. The number of hydrogen-bond acceptors (Lipinski definition) is 6. The van der Waals surface area contributed by atoms with Crippen molar-refractivity contribution in [1.82, 2.24) is 30.4 Å². The Bertz CT molecular complexity index is 814. The number of rotatable bonds is 2. The monoisotopic (exact) mass is 314 g/mol. The number of ether oxygens (including phenoxy) is 1. The second-order valence-electron chi connectivity index (χ2n) is 6.66. The van der Waals surface area contributed by atoms with Crippen molar-refractivity contribution in [2.75, 3.05) is 26.3 Å². The Morgan fingerprint density at radius 2 is 2.30 bits per heavy atom. The fraction of sp³-hybridized carbons (Fsp3) is 0.600. The largest absolute Gasteiger partial charge is 0.377 e. The highest BCUT2D eigenvalue weighted by Gasteiger charge is 2.56. The fourth-order valence-corrected chi connectivity index (χ4v) is 3.79. The van der Waals surface area contributed by atoms with Crippen LogP contribution in [0.15, 0.2) is 6.20 Å². The Morgan fingerprint density at radius 1 is 1.43 bits per heavy atom. The van der Waals surface area contributed by atoms with Gasteiger partial charge in [-0.3, -0.25) is 4.79 Å². The first-order valence-electron chi connectivity index (χ1n) is 8.00. The summed E-state index contributed by atoms with van der Waals surface area (Å²) in [5, 5.41) is 10.9. The Morgan fingerprint density at radius 3 is 2.91 bits per heavy atom. The molecule has 1 amide bonds. The van der Waals surface area contributed by atoms with Gasteiger partial charge in [0.25, 0.3) is 0 Å². The summed E-state index contributed by atoms with van der Waals surface area (Å²) in [5.41, 5.74) is 2.95. The maximum atomic E-state index is 12.2. The van der Waals surface area contributed by atoms with Crippen molar-refractivity contribution in [1.29, 1.82) is 0 Å². The molecule has 3 aliphatic heterocycles. The zero-order valence-electron chi connectivity index (χ0n) is 12.9. The first-order valence-corrected chi connectivity index (χ1v) is 8.00. The molecule has 8 nitrogen and oxygen atoms in total. The number of hydrogen-bond donors (Lipinski definition) is 2. The number of nitrogens with one attached hydrogen (secondary N) is 2. The van der Waals surface area contributed by atoms with E-state index in [1.807, 2.05) is 11.6 Å². The van der Waals surface area contributed by atoms with Crippen LogP contribution in [0.5, 0.6) is 0 Å². The number of carbonyl (C=O) groups is 1. The van der Waals surface area contributed by atoms with Gasteiger partial charge < -0.3 is 15.4 Å². The lowest BCUT2D eigenvalue weighted by Gasteiger charge is -2.45. The molecular formula is C15H18N6O2. The van der Waals surface area contributed by atoms with Crippen LogP contribution in [-0.4, -0.2) is 52.0 Å². The lowest BCUT2D eigenvalue weighted by molar-refractivity contribution is -0.133. The molecule has 3 fully saturated rings. The molecule has 0 saturated carbocycles. The summed E-state index contributed by atoms with van der Waals surface area (Å²) in [7, 11) is 0. The van der Waals surface area contributed by atoms with Gasteiger partial charge in [0, 0.05) is 13.1 Å². The molecule has 2 aromatic heterocycles. The van der Waals surface area contributed by atoms with Gasteiger partial charge in [-0.25, -0.2) is 14.6 Å². The van der Waals surface area contributed by atoms with Crippen molar-refractivity contribution < 1.29 is 9.53 Å². The van der Waals surface area contributed by atoms with Crippen molar-refractivity contribution in [3.63, 3.8) is 0 Å². The topological polar surface area (TPSA) is 94.0 Å². The Labute approximate surface area is 132 Å². The molecule has 2 aromatic rings. The number of amides is 1. The molecule has 120 valence electrons. The third-order valence-corrected chi connectivity index (χ3v) is 5.34. The highest BCUT2D eigenvalue weighted by Crippen LogP contribution is 2.45. The van der Waals surface area contributed by atoms with Gasteiger partial charge in [0.15, 0.2) is 5.65 Å². The van der Waals surface area contributed by atoms with Crippen LogP contribution in [-0.2, 0) is 9.53 Å². The smallest absolute Gasteiger partial charge is 0.229 e. The molecule has 5 heterocycles. The van der Waals surface area contributed by atoms with Crippen molar-refractivity contribution in [2.45, 2.75) is 25.4 Å². The minimum Gasteiger partial charge on any atom is -0.377 e. The van der Waals surface area contributed by atoms with Crippen molar-refractivity contribution >= 4 is 17.1 Å². The van der Waals surface area contributed by atoms with E-state index in [-0.39, 0.29) is 23.4 Å². The number of carbonyl (C=O) groups excluding carboxylic acids is 1. The minimum atomic E-state index is -0.359. The molecule has 0 aliphatic carbocycles. The Balaban J connectivity index is 1.59. The van der Waals surface area contributed by atoms with Gasteiger partial charge in [-0.1, -0.05) is 0 Å². The van der Waals surface area contributed by atoms with Crippen molar-refractivity contribution in [3.05, 3.63) is 17.6 Å². The Kier molecular flexibility index (Phi) is 2.61. The number of fused-ring (bicyclic) bond motifs is 1. The van der Waals surface area contributed by atoms with Crippen LogP contribution in [0.25, 0.3) is 11.2 Å². The van der Waals surface area contributed by atoms with Gasteiger partial charge in [0.1, 0.15) is 11.6 Å². The van der Waals surface area contributed by atoms with Crippen LogP contribution >= 0.6 is 0 Å². The molecule has 0 aromatic carbocycles. The summed E-state index contributed by atoms with van der Waals surface area (Å²) in [6.07, 6.45) is 2.63. The summed E-state index contributed by atoms with van der Waals surface area (Å²) < 4.78 is 7.19. The van der Waals surface area contributed by atoms with E-state index in [0.717, 1.165) is 35.5 Å². The highest BCUT2D eigenvalue weighted by molar-refractivity contribution is 5.87. The highest BCUT2D eigenvalue weighted by atomic mass is 16.5. The van der Waals surface area contributed by atoms with Crippen LogP contribution in [0.3, 0.4) is 0 Å². The molecule has 5 rings (SSSR count). The van der Waals surface area contributed by atoms with E-state index in [9.17, 15) is 4.79 Å². The quantitative estimate of drug-likeness (QED) is 0.801. The van der Waals surface area contributed by atoms with Gasteiger partial charge in [0.2, 0.25) is 5.91 Å². The van der Waals surface area contributed by atoms with E-state index in [4.69, 9.17) is 9.72 Å². The summed E-state index contributed by atoms with van der Waals surface area (Å²) in [6.45, 7) is 4.72. The number of aryl methyl sites for hydroxylation is 1. The molecule has 2 unspecified atom stereocenters. The van der Waals surface area contributed by atoms with E-state index in [1.54, 1.807) is 6.20 Å². The summed E-state index contributed by atoms with van der Waals surface area (Å²) in [5.74, 6) is 0.125. The van der Waals surface area contributed by atoms with Gasteiger partial charge >= 0.3 is 0 Å². The average Bonchev–Trinajstić information content (AvgIpc) is 3.00. The molecule has 8 heteroatoms. The second-order valence-corrected chi connectivity index (χ2v) is 6.66. The van der Waals surface area contributed by atoms with Gasteiger partial charge in [-0.15, -0.1) is 0 Å². The van der Waals surface area contributed by atoms with Gasteiger partial charge in [-0.05, 0) is 13.3 Å². The molecule has 2 atom stereocenters. The third kappa shape index (κ3) is 1.67. The summed E-state index contributed by atoms with van der Waals surface area (Å²) >= 11 is 0. The number of aromatic nitrogens is 4. The van der Waals surface area contributed by atoms with Gasteiger partial charge in [0.05, 0.1) is 42.3 Å². The molecule has 1 spiro atoms. The minimum absolute atomic E-state index is 0.0665. The molecule has 23 heavy (non-hydrogen) atoms. The number of nitrogens with zero attached hydrogens (tertiary/aromatic N) is 4. The normalized spacial score (nSPS) is 30.5. The lowest BCUT2D eigenvalue weighted by atomic mass is 9.71. The van der Waals surface area contributed by atoms with Crippen LogP contribution in [0.2, 0.25) is 0 Å². The molecule has 0 bridgehead atoms. The maximum absolute atomic E-state index is 12.2. The summed E-state index contributed by atoms with van der Waals surface area (Å²) in [6, 6.07) is 0.164. The predicted molar refractivity (Wildman–Crippen MR) is 80.7 cm³/mol. The molecule has 0 radical (unpaired) electrons. The van der Waals surface area contributed by atoms with Crippen LogP contribution in [0.4, 0.5) is 0 Å². The molecular weight excluding hydrogens is 296 g/mol. The van der Waals surface area contributed by atoms with E-state index in [1.165, 1.54) is 0 Å². The van der Waals surface area contributed by atoms with Gasteiger partial charge in [-0.2, -0.15) is 5.10 Å². The molecule has 3 saturated heterocycles. The van der Waals surface area contributed by atoms with E-state index >= 15 is 0 Å². The fourth-order valence-electron chi connectivity index (χ4n) is 3.79. The van der Waals surface area contributed by atoms with Crippen LogP contribution < -0.4 is 10.6 Å².